The molecule has 1 saturated heterocycles. The maximum atomic E-state index is 14.3. The van der Waals surface area contributed by atoms with E-state index in [0.717, 1.165) is 32.1 Å². The fraction of sp³-hybridized carbons (Fsp3) is 0.667. The Balaban J connectivity index is 1.85. The fourth-order valence-electron chi connectivity index (χ4n) is 5.85. The molecule has 0 aromatic carbocycles. The van der Waals surface area contributed by atoms with Crippen molar-refractivity contribution >= 4 is 35.4 Å². The second kappa shape index (κ2) is 15.2. The van der Waals surface area contributed by atoms with Crippen LogP contribution in [0.15, 0.2) is 31.0 Å². The smallest absolute Gasteiger partial charge is 0.408 e. The number of halogens is 1. The molecule has 2 amide bonds. The number of amides is 2. The van der Waals surface area contributed by atoms with Crippen LogP contribution >= 0.6 is 11.6 Å². The van der Waals surface area contributed by atoms with Crippen molar-refractivity contribution in [2.75, 3.05) is 13.2 Å². The third-order valence-electron chi connectivity index (χ3n) is 8.04. The van der Waals surface area contributed by atoms with Crippen molar-refractivity contribution in [1.29, 1.82) is 0 Å². The van der Waals surface area contributed by atoms with Crippen molar-refractivity contribution in [2.45, 2.75) is 110 Å². The summed E-state index contributed by atoms with van der Waals surface area (Å²) in [5.74, 6) is -1.64. The van der Waals surface area contributed by atoms with Gasteiger partial charge in [0.15, 0.2) is 5.78 Å². The normalized spacial score (nSPS) is 20.8. The van der Waals surface area contributed by atoms with Crippen LogP contribution in [-0.2, 0) is 23.9 Å². The van der Waals surface area contributed by atoms with Crippen molar-refractivity contribution in [3.05, 3.63) is 36.0 Å². The van der Waals surface area contributed by atoms with Crippen molar-refractivity contribution in [1.82, 2.24) is 15.2 Å². The molecule has 3 rings (SSSR count). The van der Waals surface area contributed by atoms with Crippen LogP contribution in [0.25, 0.3) is 0 Å². The zero-order valence-electron chi connectivity index (χ0n) is 26.9. The van der Waals surface area contributed by atoms with Gasteiger partial charge < -0.3 is 24.4 Å². The molecule has 2 heterocycles. The Labute approximate surface area is 266 Å². The Bertz CT molecular complexity index is 1170. The number of esters is 1. The first-order valence-corrected chi connectivity index (χ1v) is 15.8. The lowest BCUT2D eigenvalue weighted by atomic mass is 9.74. The predicted molar refractivity (Wildman–Crippen MR) is 167 cm³/mol. The molecule has 244 valence electrons. The summed E-state index contributed by atoms with van der Waals surface area (Å²) in [6, 6.07) is 1.58. The minimum Gasteiger partial charge on any atom is -0.472 e. The van der Waals surface area contributed by atoms with Crippen molar-refractivity contribution < 1.29 is 33.4 Å². The van der Waals surface area contributed by atoms with Crippen LogP contribution in [0.2, 0.25) is 5.02 Å². The second-order valence-electron chi connectivity index (χ2n) is 13.8. The van der Waals surface area contributed by atoms with E-state index in [1.165, 1.54) is 17.2 Å². The second-order valence-corrected chi connectivity index (χ2v) is 14.3. The third-order valence-corrected chi connectivity index (χ3v) is 8.26. The number of nitrogens with one attached hydrogen (secondary N) is 1. The molecule has 2 fully saturated rings. The van der Waals surface area contributed by atoms with Gasteiger partial charge in [-0.25, -0.2) is 14.6 Å². The quantitative estimate of drug-likeness (QED) is 0.236. The highest BCUT2D eigenvalue weighted by Gasteiger charge is 2.47. The molecule has 1 aliphatic carbocycles. The van der Waals surface area contributed by atoms with Gasteiger partial charge >= 0.3 is 12.1 Å². The highest BCUT2D eigenvalue weighted by atomic mass is 35.5. The maximum Gasteiger partial charge on any atom is 0.408 e. The topological polar surface area (TPSA) is 124 Å². The predicted octanol–water partition coefficient (Wildman–Crippen LogP) is 5.91. The number of nitrogens with zero attached hydrogens (tertiary/aromatic N) is 2. The third kappa shape index (κ3) is 10.2. The Morgan fingerprint density at radius 3 is 2.36 bits per heavy atom. The van der Waals surface area contributed by atoms with E-state index >= 15 is 0 Å². The summed E-state index contributed by atoms with van der Waals surface area (Å²) in [7, 11) is 0. The number of hydrogen-bond acceptors (Lipinski definition) is 8. The molecule has 1 saturated carbocycles. The molecule has 1 aliphatic heterocycles. The van der Waals surface area contributed by atoms with Gasteiger partial charge in [0, 0.05) is 31.0 Å². The largest absolute Gasteiger partial charge is 0.472 e. The van der Waals surface area contributed by atoms with Gasteiger partial charge in [-0.05, 0) is 51.0 Å². The SMILES string of the molecule is C=CCOC(=O)[C@@H]1C[C@@H](Oc2ccc(Cl)cn2)CN1C(=O)[C@@H](CC(=O)[C@@H](NC(=O)OC(C)(C)C)C1CCCCC1)C(C)(C)C. The average Bonchev–Trinajstić information content (AvgIpc) is 3.37. The van der Waals surface area contributed by atoms with E-state index in [1.807, 2.05) is 20.8 Å². The molecule has 4 atom stereocenters. The number of Topliss-reactive ketones (excluding diaryl/α,β-unsaturated/α-hetero) is 1. The number of ether oxygens (including phenoxy) is 3. The van der Waals surface area contributed by atoms with Gasteiger partial charge in [-0.15, -0.1) is 0 Å². The first-order valence-electron chi connectivity index (χ1n) is 15.5. The number of rotatable bonds is 11. The molecule has 1 aromatic heterocycles. The van der Waals surface area contributed by atoms with Crippen molar-refractivity contribution in [3.63, 3.8) is 0 Å². The number of aromatic nitrogens is 1. The molecule has 1 N–H and O–H groups in total. The molecule has 0 radical (unpaired) electrons. The number of carbonyl (C=O) groups excluding carboxylic acids is 4. The Morgan fingerprint density at radius 1 is 1.11 bits per heavy atom. The number of carbonyl (C=O) groups is 4. The maximum absolute atomic E-state index is 14.3. The molecule has 0 spiro atoms. The lowest BCUT2D eigenvalue weighted by molar-refractivity contribution is -0.155. The number of pyridine rings is 1. The lowest BCUT2D eigenvalue weighted by Crippen LogP contribution is -2.51. The average molecular weight is 634 g/mol. The Morgan fingerprint density at radius 2 is 1.80 bits per heavy atom. The van der Waals surface area contributed by atoms with Gasteiger partial charge in [-0.2, -0.15) is 0 Å². The van der Waals surface area contributed by atoms with Gasteiger partial charge in [-0.1, -0.05) is 64.3 Å². The molecule has 44 heavy (non-hydrogen) atoms. The van der Waals surface area contributed by atoms with Gasteiger partial charge in [0.05, 0.1) is 17.6 Å². The minimum atomic E-state index is -0.909. The van der Waals surface area contributed by atoms with E-state index in [0.29, 0.717) is 10.9 Å². The van der Waals surface area contributed by atoms with Gasteiger partial charge in [-0.3, -0.25) is 9.59 Å². The van der Waals surface area contributed by atoms with Crippen LogP contribution in [0, 0.1) is 17.3 Å². The summed E-state index contributed by atoms with van der Waals surface area (Å²) >= 11 is 5.96. The molecular weight excluding hydrogens is 586 g/mol. The Hall–Kier alpha value is -3.14. The van der Waals surface area contributed by atoms with Crippen molar-refractivity contribution in [3.8, 4) is 5.88 Å². The minimum absolute atomic E-state index is 0.00220. The van der Waals surface area contributed by atoms with E-state index in [2.05, 4.69) is 16.9 Å². The van der Waals surface area contributed by atoms with E-state index in [1.54, 1.807) is 32.9 Å². The molecule has 1 aromatic rings. The van der Waals surface area contributed by atoms with Crippen LogP contribution in [0.5, 0.6) is 5.88 Å². The van der Waals surface area contributed by atoms with E-state index in [4.69, 9.17) is 25.8 Å². The summed E-state index contributed by atoms with van der Waals surface area (Å²) in [5.41, 5.74) is -1.36. The summed E-state index contributed by atoms with van der Waals surface area (Å²) in [6.45, 7) is 14.7. The first kappa shape index (κ1) is 35.3. The summed E-state index contributed by atoms with van der Waals surface area (Å²) in [4.78, 5) is 59.9. The highest BCUT2D eigenvalue weighted by molar-refractivity contribution is 6.30. The summed E-state index contributed by atoms with van der Waals surface area (Å²) in [6.07, 6.45) is 6.47. The van der Waals surface area contributed by atoms with Crippen molar-refractivity contribution in [2.24, 2.45) is 17.3 Å². The van der Waals surface area contributed by atoms with E-state index in [-0.39, 0.29) is 43.6 Å². The number of likely N-dealkylation sites (tertiary alicyclic amines) is 1. The molecule has 2 aliphatic rings. The molecule has 0 bridgehead atoms. The summed E-state index contributed by atoms with van der Waals surface area (Å²) in [5, 5.41) is 3.30. The van der Waals surface area contributed by atoms with Crippen LogP contribution in [0.1, 0.15) is 86.5 Å². The number of hydrogen-bond donors (Lipinski definition) is 1. The molecule has 10 nitrogen and oxygen atoms in total. The zero-order chi connectivity index (χ0) is 32.7. The lowest BCUT2D eigenvalue weighted by Gasteiger charge is -2.36. The summed E-state index contributed by atoms with van der Waals surface area (Å²) < 4.78 is 16.9. The Kier molecular flexibility index (Phi) is 12.2. The van der Waals surface area contributed by atoms with Crippen LogP contribution < -0.4 is 10.1 Å². The monoisotopic (exact) mass is 633 g/mol. The fourth-order valence-corrected chi connectivity index (χ4v) is 5.96. The first-order chi connectivity index (χ1) is 20.6. The van der Waals surface area contributed by atoms with Gasteiger partial charge in [0.25, 0.3) is 0 Å². The zero-order valence-corrected chi connectivity index (χ0v) is 27.7. The molecular formula is C33H48ClN3O7. The standard InChI is InChI=1S/C33H48ClN3O7/c1-8-16-42-30(40)25-17-23(43-27-15-14-22(34)19-35-27)20-37(25)29(39)24(32(2,3)4)18-26(38)28(21-12-10-9-11-13-21)36-31(41)44-33(5,6)7/h8,14-15,19,21,23-25,28H,1,9-13,16-18,20H2,2-7H3,(H,36,41)/t23-,24-,25+,28+/m1/s1. The van der Waals surface area contributed by atoms with Gasteiger partial charge in [0.1, 0.15) is 24.4 Å². The van der Waals surface area contributed by atoms with E-state index < -0.39 is 47.2 Å². The highest BCUT2D eigenvalue weighted by Crippen LogP contribution is 2.36. The van der Waals surface area contributed by atoms with Crippen LogP contribution in [-0.4, -0.2) is 70.6 Å². The van der Waals surface area contributed by atoms with Crippen LogP contribution in [0.3, 0.4) is 0 Å². The van der Waals surface area contributed by atoms with Gasteiger partial charge in [0.2, 0.25) is 11.8 Å². The molecule has 11 heteroatoms. The number of ketones is 1. The molecule has 0 unspecified atom stereocenters. The van der Waals surface area contributed by atoms with E-state index in [9.17, 15) is 19.2 Å². The van der Waals surface area contributed by atoms with Crippen LogP contribution in [0.4, 0.5) is 4.79 Å². The number of alkyl carbamates (subject to hydrolysis) is 1.